The zero-order valence-corrected chi connectivity index (χ0v) is 11.3. The van der Waals surface area contributed by atoms with Crippen LogP contribution in [0.25, 0.3) is 0 Å². The first-order chi connectivity index (χ1) is 7.18. The quantitative estimate of drug-likeness (QED) is 0.785. The Kier molecular flexibility index (Phi) is 3.88. The van der Waals surface area contributed by atoms with Crippen LogP contribution in [0.5, 0.6) is 0 Å². The minimum atomic E-state index is -0.459. The van der Waals surface area contributed by atoms with E-state index in [9.17, 15) is 5.11 Å². The maximum Gasteiger partial charge on any atom is 0.109 e. The molecule has 15 heavy (non-hydrogen) atoms. The molecular weight excluding hydrogens is 296 g/mol. The predicted molar refractivity (Wildman–Crippen MR) is 68.5 cm³/mol. The van der Waals surface area contributed by atoms with Gasteiger partial charge in [0.25, 0.3) is 0 Å². The third-order valence-electron chi connectivity index (χ3n) is 2.61. The van der Waals surface area contributed by atoms with Crippen molar-refractivity contribution >= 4 is 38.9 Å². The van der Waals surface area contributed by atoms with Crippen molar-refractivity contribution in [1.82, 2.24) is 0 Å². The summed E-state index contributed by atoms with van der Waals surface area (Å²) in [6.45, 7) is 0. The van der Waals surface area contributed by atoms with E-state index in [1.165, 1.54) is 24.2 Å². The average Bonchev–Trinajstić information content (AvgIpc) is 2.59. The van der Waals surface area contributed by atoms with Gasteiger partial charge in [-0.25, -0.2) is 0 Å². The summed E-state index contributed by atoms with van der Waals surface area (Å²) in [5.41, 5.74) is 1.15. The number of aliphatic hydroxyl groups excluding tert-OH is 1. The van der Waals surface area contributed by atoms with Gasteiger partial charge in [0, 0.05) is 9.35 Å². The Morgan fingerprint density at radius 2 is 2.27 bits per heavy atom. The van der Waals surface area contributed by atoms with Gasteiger partial charge in [-0.2, -0.15) is 0 Å². The molecule has 82 valence electrons. The molecule has 1 N–H and O–H groups in total. The van der Waals surface area contributed by atoms with Crippen LogP contribution >= 0.6 is 38.9 Å². The smallest absolute Gasteiger partial charge is 0.109 e. The van der Waals surface area contributed by atoms with Gasteiger partial charge in [0.2, 0.25) is 0 Å². The van der Waals surface area contributed by atoms with Gasteiger partial charge in [-0.3, -0.25) is 0 Å². The van der Waals surface area contributed by atoms with E-state index in [0.717, 1.165) is 27.8 Å². The molecule has 1 aliphatic carbocycles. The first kappa shape index (κ1) is 11.6. The molecule has 0 radical (unpaired) electrons. The molecule has 0 fully saturated rings. The summed E-state index contributed by atoms with van der Waals surface area (Å²) < 4.78 is 1.58. The maximum absolute atomic E-state index is 10.1. The van der Waals surface area contributed by atoms with Crippen LogP contribution in [0.2, 0.25) is 4.34 Å². The summed E-state index contributed by atoms with van der Waals surface area (Å²) >= 11 is 10.8. The fourth-order valence-electron chi connectivity index (χ4n) is 1.79. The fraction of sp³-hybridized carbons (Fsp3) is 0.455. The summed E-state index contributed by atoms with van der Waals surface area (Å²) in [6, 6.07) is 1.91. The van der Waals surface area contributed by atoms with Crippen LogP contribution in [-0.2, 0) is 0 Å². The van der Waals surface area contributed by atoms with Crippen molar-refractivity contribution in [3.05, 3.63) is 31.4 Å². The third-order valence-corrected chi connectivity index (χ3v) is 5.14. The number of thiophene rings is 1. The molecule has 1 aliphatic rings. The molecule has 0 amide bonds. The van der Waals surface area contributed by atoms with Gasteiger partial charge in [0.05, 0.1) is 0 Å². The van der Waals surface area contributed by atoms with Crippen molar-refractivity contribution in [3.63, 3.8) is 0 Å². The topological polar surface area (TPSA) is 20.2 Å². The second-order valence-electron chi connectivity index (χ2n) is 3.70. The van der Waals surface area contributed by atoms with Gasteiger partial charge in [0.15, 0.2) is 0 Å². The molecule has 1 nitrogen and oxygen atoms in total. The number of rotatable bonds is 2. The molecule has 1 heterocycles. The molecule has 4 heteroatoms. The summed E-state index contributed by atoms with van der Waals surface area (Å²) in [5, 5.41) is 10.1. The standard InChI is InChI=1S/C11H12BrClOS/c12-8-6-9(15-11(8)13)10(14)7-4-2-1-3-5-7/h4,6,10,14H,1-3,5H2. The van der Waals surface area contributed by atoms with Gasteiger partial charge < -0.3 is 5.11 Å². The Morgan fingerprint density at radius 1 is 1.47 bits per heavy atom. The highest BCUT2D eigenvalue weighted by molar-refractivity contribution is 9.10. The number of halogens is 2. The number of allylic oxidation sites excluding steroid dienone is 1. The SMILES string of the molecule is OC(C1=CCCCC1)c1cc(Br)c(Cl)s1. The second kappa shape index (κ2) is 5.00. The summed E-state index contributed by atoms with van der Waals surface area (Å²) in [4.78, 5) is 0.931. The van der Waals surface area contributed by atoms with Gasteiger partial charge in [-0.05, 0) is 53.3 Å². The molecule has 0 saturated carbocycles. The van der Waals surface area contributed by atoms with Crippen molar-refractivity contribution in [3.8, 4) is 0 Å². The van der Waals surface area contributed by atoms with Gasteiger partial charge in [-0.1, -0.05) is 17.7 Å². The minimum Gasteiger partial charge on any atom is -0.383 e. The molecular formula is C11H12BrClOS. The molecule has 1 unspecified atom stereocenters. The molecule has 0 bridgehead atoms. The van der Waals surface area contributed by atoms with E-state index >= 15 is 0 Å². The Morgan fingerprint density at radius 3 is 2.80 bits per heavy atom. The predicted octanol–water partition coefficient (Wildman–Crippen LogP) is 4.70. The van der Waals surface area contributed by atoms with E-state index in [0.29, 0.717) is 4.34 Å². The van der Waals surface area contributed by atoms with Crippen molar-refractivity contribution in [2.45, 2.75) is 31.8 Å². The highest BCUT2D eigenvalue weighted by Crippen LogP contribution is 2.39. The average molecular weight is 308 g/mol. The van der Waals surface area contributed by atoms with Crippen LogP contribution in [0.1, 0.15) is 36.7 Å². The summed E-state index contributed by atoms with van der Waals surface area (Å²) in [6.07, 6.45) is 6.23. The molecule has 0 aromatic carbocycles. The largest absolute Gasteiger partial charge is 0.383 e. The first-order valence-corrected chi connectivity index (χ1v) is 6.99. The lowest BCUT2D eigenvalue weighted by molar-refractivity contribution is 0.212. The maximum atomic E-state index is 10.1. The molecule has 2 rings (SSSR count). The van der Waals surface area contributed by atoms with E-state index in [1.54, 1.807) is 0 Å². The lowest BCUT2D eigenvalue weighted by Gasteiger charge is -2.17. The van der Waals surface area contributed by atoms with Crippen LogP contribution < -0.4 is 0 Å². The van der Waals surface area contributed by atoms with E-state index in [4.69, 9.17) is 11.6 Å². The van der Waals surface area contributed by atoms with E-state index in [2.05, 4.69) is 22.0 Å². The van der Waals surface area contributed by atoms with Crippen molar-refractivity contribution in [2.75, 3.05) is 0 Å². The van der Waals surface area contributed by atoms with Gasteiger partial charge in [0.1, 0.15) is 10.4 Å². The Balaban J connectivity index is 2.19. The highest BCUT2D eigenvalue weighted by atomic mass is 79.9. The van der Waals surface area contributed by atoms with Gasteiger partial charge >= 0.3 is 0 Å². The molecule has 1 aromatic heterocycles. The molecule has 1 atom stereocenters. The minimum absolute atomic E-state index is 0.459. The highest BCUT2D eigenvalue weighted by Gasteiger charge is 2.18. The molecule has 1 aromatic rings. The Labute approximate surface area is 107 Å². The van der Waals surface area contributed by atoms with Crippen molar-refractivity contribution in [1.29, 1.82) is 0 Å². The van der Waals surface area contributed by atoms with Crippen LogP contribution in [-0.4, -0.2) is 5.11 Å². The Hall–Kier alpha value is 0.170. The lowest BCUT2D eigenvalue weighted by atomic mass is 9.95. The van der Waals surface area contributed by atoms with Crippen LogP contribution in [0, 0.1) is 0 Å². The monoisotopic (exact) mass is 306 g/mol. The fourth-order valence-corrected chi connectivity index (χ4v) is 3.56. The number of hydrogen-bond donors (Lipinski definition) is 1. The second-order valence-corrected chi connectivity index (χ2v) is 6.24. The molecule has 0 aliphatic heterocycles. The summed E-state index contributed by atoms with van der Waals surface area (Å²) in [5.74, 6) is 0. The van der Waals surface area contributed by atoms with Crippen molar-refractivity contribution in [2.24, 2.45) is 0 Å². The van der Waals surface area contributed by atoms with Crippen molar-refractivity contribution < 1.29 is 5.11 Å². The Bertz CT molecular complexity index is 366. The van der Waals surface area contributed by atoms with E-state index in [-0.39, 0.29) is 0 Å². The molecule has 0 spiro atoms. The zero-order chi connectivity index (χ0) is 10.8. The summed E-state index contributed by atoms with van der Waals surface area (Å²) in [7, 11) is 0. The first-order valence-electron chi connectivity index (χ1n) is 5.00. The van der Waals surface area contributed by atoms with Gasteiger partial charge in [-0.15, -0.1) is 11.3 Å². The molecule has 0 saturated heterocycles. The lowest BCUT2D eigenvalue weighted by Crippen LogP contribution is -2.02. The number of aliphatic hydroxyl groups is 1. The normalized spacial score (nSPS) is 18.7. The van der Waals surface area contributed by atoms with Crippen LogP contribution in [0.4, 0.5) is 0 Å². The van der Waals surface area contributed by atoms with E-state index in [1.807, 2.05) is 6.07 Å². The van der Waals surface area contributed by atoms with E-state index < -0.39 is 6.10 Å². The number of hydrogen-bond acceptors (Lipinski definition) is 2. The van der Waals surface area contributed by atoms with Crippen LogP contribution in [0.3, 0.4) is 0 Å². The third kappa shape index (κ3) is 2.64. The van der Waals surface area contributed by atoms with Crippen LogP contribution in [0.15, 0.2) is 22.2 Å². The zero-order valence-electron chi connectivity index (χ0n) is 8.17.